The van der Waals surface area contributed by atoms with Gasteiger partial charge >= 0.3 is 0 Å². The molecule has 0 aromatic heterocycles. The molecule has 0 aliphatic carbocycles. The Kier molecular flexibility index (Phi) is 5.01. The lowest BCUT2D eigenvalue weighted by Gasteiger charge is -2.38. The highest BCUT2D eigenvalue weighted by Gasteiger charge is 2.34. The fourth-order valence-corrected chi connectivity index (χ4v) is 4.10. The van der Waals surface area contributed by atoms with Crippen molar-refractivity contribution in [3.63, 3.8) is 0 Å². The molecule has 1 rings (SSSR count). The average Bonchev–Trinajstić information content (AvgIpc) is 2.35. The smallest absolute Gasteiger partial charge is 0.138 e. The van der Waals surface area contributed by atoms with E-state index in [1.54, 1.807) is 0 Å². The second-order valence-corrected chi connectivity index (χ2v) is 8.65. The first kappa shape index (κ1) is 16.1. The Morgan fingerprint density at radius 1 is 1.11 bits per heavy atom. The molecule has 0 saturated heterocycles. The first-order valence-electron chi connectivity index (χ1n) is 6.57. The van der Waals surface area contributed by atoms with Gasteiger partial charge in [0.05, 0.1) is 0 Å². The molecule has 1 heterocycles. The summed E-state index contributed by atoms with van der Waals surface area (Å²) >= 11 is 0. The molecule has 2 unspecified atom stereocenters. The van der Waals surface area contributed by atoms with Crippen molar-refractivity contribution < 1.29 is 4.79 Å². The highest BCUT2D eigenvalue weighted by Crippen LogP contribution is 2.46. The number of allylic oxidation sites excluding steroid dienone is 2. The maximum Gasteiger partial charge on any atom is 0.138 e. The van der Waals surface area contributed by atoms with Gasteiger partial charge < -0.3 is 4.67 Å². The Morgan fingerprint density at radius 2 is 1.67 bits per heavy atom. The minimum absolute atomic E-state index is 0.0607. The van der Waals surface area contributed by atoms with Crippen molar-refractivity contribution in [2.45, 2.75) is 54.4 Å². The first-order chi connectivity index (χ1) is 8.07. The van der Waals surface area contributed by atoms with Crippen molar-refractivity contribution in [1.82, 2.24) is 4.67 Å². The van der Waals surface area contributed by atoms with Crippen molar-refractivity contribution in [3.8, 4) is 0 Å². The summed E-state index contributed by atoms with van der Waals surface area (Å²) in [4.78, 5) is 12.0. The van der Waals surface area contributed by atoms with E-state index in [0.717, 1.165) is 6.54 Å². The van der Waals surface area contributed by atoms with E-state index in [1.165, 1.54) is 11.3 Å². The molecule has 0 saturated carbocycles. The molecule has 2 nitrogen and oxygen atoms in total. The highest BCUT2D eigenvalue weighted by molar-refractivity contribution is 8.01. The number of carbonyl (C=O) groups excluding carboxylic acids is 1. The summed E-state index contributed by atoms with van der Waals surface area (Å²) in [6, 6.07) is 0. The highest BCUT2D eigenvalue weighted by atomic mass is 32.0. The summed E-state index contributed by atoms with van der Waals surface area (Å²) < 4.78 is 2.40. The van der Waals surface area contributed by atoms with Crippen LogP contribution >= 0.6 is 17.3 Å². The molecule has 1 aliphatic heterocycles. The molecule has 0 amide bonds. The van der Waals surface area contributed by atoms with Gasteiger partial charge in [0, 0.05) is 30.5 Å². The lowest BCUT2D eigenvalue weighted by molar-refractivity contribution is -0.118. The molecule has 0 radical (unpaired) electrons. The number of hydrogen-bond acceptors (Lipinski definition) is 2. The lowest BCUT2D eigenvalue weighted by Crippen LogP contribution is -2.28. The molecule has 1 aliphatic rings. The molecule has 0 N–H and O–H groups in total. The first-order valence-corrected chi connectivity index (χ1v) is 9.32. The van der Waals surface area contributed by atoms with E-state index in [0.29, 0.717) is 27.0 Å². The second kappa shape index (κ2) is 5.59. The topological polar surface area (TPSA) is 20.3 Å². The summed E-state index contributed by atoms with van der Waals surface area (Å²) in [7, 11) is 3.48. The van der Waals surface area contributed by atoms with Crippen molar-refractivity contribution >= 4 is 23.1 Å². The molecule has 4 heteroatoms. The maximum atomic E-state index is 12.0. The van der Waals surface area contributed by atoms with Crippen molar-refractivity contribution in [3.05, 3.63) is 11.3 Å². The number of ketones is 1. The predicted molar refractivity (Wildman–Crippen MR) is 84.9 cm³/mol. The zero-order valence-electron chi connectivity index (χ0n) is 12.6. The van der Waals surface area contributed by atoms with Gasteiger partial charge in [-0.05, 0) is 19.4 Å². The summed E-state index contributed by atoms with van der Waals surface area (Å²) in [5.41, 5.74) is 2.86. The van der Waals surface area contributed by atoms with E-state index in [-0.39, 0.29) is 10.8 Å². The van der Waals surface area contributed by atoms with Gasteiger partial charge in [0.25, 0.3) is 0 Å². The van der Waals surface area contributed by atoms with Crippen molar-refractivity contribution in [1.29, 1.82) is 0 Å². The van der Waals surface area contributed by atoms with E-state index >= 15 is 0 Å². The van der Waals surface area contributed by atoms with Gasteiger partial charge in [-0.3, -0.25) is 4.79 Å². The molecular weight excluding hydrogens is 260 g/mol. The third-order valence-electron chi connectivity index (χ3n) is 3.32. The molecule has 0 bridgehead atoms. The van der Waals surface area contributed by atoms with E-state index in [1.807, 2.05) is 0 Å². The van der Waals surface area contributed by atoms with E-state index in [2.05, 4.69) is 55.1 Å². The molecule has 104 valence electrons. The van der Waals surface area contributed by atoms with Crippen LogP contribution in [-0.4, -0.2) is 17.0 Å². The summed E-state index contributed by atoms with van der Waals surface area (Å²) in [5, 5.41) is 0. The Bertz CT molecular complexity index is 361. The quantitative estimate of drug-likeness (QED) is 0.667. The molecule has 0 spiro atoms. The zero-order valence-corrected chi connectivity index (χ0v) is 14.7. The van der Waals surface area contributed by atoms with Gasteiger partial charge in [-0.25, -0.2) is 0 Å². The van der Waals surface area contributed by atoms with Crippen LogP contribution in [0.15, 0.2) is 11.3 Å². The number of carbonyl (C=O) groups is 1. The monoisotopic (exact) mass is 287 g/mol. The van der Waals surface area contributed by atoms with E-state index in [4.69, 9.17) is 0 Å². The standard InChI is InChI=1S/C14H27NOP2/c1-13(2,3)11-9-10(16)7-8-15(18-17)12(11)14(4,5)6/h18H,7-9,17H2,1-6H3. The van der Waals surface area contributed by atoms with Crippen LogP contribution in [0.4, 0.5) is 0 Å². The van der Waals surface area contributed by atoms with Gasteiger partial charge in [0.2, 0.25) is 0 Å². The Hall–Kier alpha value is 0.0700. The fraction of sp³-hybridized carbons (Fsp3) is 0.786. The van der Waals surface area contributed by atoms with Crippen molar-refractivity contribution in [2.24, 2.45) is 10.8 Å². The third-order valence-corrected chi connectivity index (χ3v) is 5.01. The average molecular weight is 287 g/mol. The zero-order chi connectivity index (χ0) is 14.1. The minimum atomic E-state index is 0.0607. The van der Waals surface area contributed by atoms with Crippen LogP contribution < -0.4 is 0 Å². The van der Waals surface area contributed by atoms with Crippen molar-refractivity contribution in [2.75, 3.05) is 6.54 Å². The largest absolute Gasteiger partial charge is 0.352 e. The predicted octanol–water partition coefficient (Wildman–Crippen LogP) is 4.38. The number of Topliss-reactive ketones (excluding diaryl/α,β-unsaturated/α-hetero) is 1. The van der Waals surface area contributed by atoms with Gasteiger partial charge in [0.1, 0.15) is 5.78 Å². The second-order valence-electron chi connectivity index (χ2n) is 7.07. The molecule has 0 aromatic carbocycles. The fourth-order valence-electron chi connectivity index (χ4n) is 2.49. The number of rotatable bonds is 1. The van der Waals surface area contributed by atoms with Gasteiger partial charge in [0.15, 0.2) is 0 Å². The third kappa shape index (κ3) is 3.78. The van der Waals surface area contributed by atoms with Crippen LogP contribution in [0.2, 0.25) is 0 Å². The van der Waals surface area contributed by atoms with Crippen LogP contribution in [0.1, 0.15) is 54.4 Å². The number of hydrogen-bond donors (Lipinski definition) is 0. The van der Waals surface area contributed by atoms with Gasteiger partial charge in [-0.2, -0.15) is 0 Å². The Balaban J connectivity index is 3.41. The van der Waals surface area contributed by atoms with Gasteiger partial charge in [-0.1, -0.05) is 50.5 Å². The normalized spacial score (nSPS) is 19.9. The van der Waals surface area contributed by atoms with Crippen LogP contribution in [-0.2, 0) is 4.79 Å². The maximum absolute atomic E-state index is 12.0. The van der Waals surface area contributed by atoms with E-state index < -0.39 is 0 Å². The van der Waals surface area contributed by atoms with Crippen LogP contribution in [0.3, 0.4) is 0 Å². The lowest BCUT2D eigenvalue weighted by atomic mass is 9.77. The molecular formula is C14H27NOP2. The summed E-state index contributed by atoms with van der Waals surface area (Å²) in [6.45, 7) is 14.3. The van der Waals surface area contributed by atoms with Crippen LogP contribution in [0, 0.1) is 10.8 Å². The molecule has 2 atom stereocenters. The minimum Gasteiger partial charge on any atom is -0.352 e. The SMILES string of the molecule is CC(C)(C)C1=C(C(C)(C)C)N(PP)CCC(=O)C1. The molecule has 0 fully saturated rings. The Labute approximate surface area is 116 Å². The number of nitrogens with zero attached hydrogens (tertiary/aromatic N) is 1. The van der Waals surface area contributed by atoms with Gasteiger partial charge in [-0.15, -0.1) is 0 Å². The molecule has 18 heavy (non-hydrogen) atoms. The summed E-state index contributed by atoms with van der Waals surface area (Å²) in [5.74, 6) is 0.382. The Morgan fingerprint density at radius 3 is 2.06 bits per heavy atom. The van der Waals surface area contributed by atoms with E-state index in [9.17, 15) is 4.79 Å². The van der Waals surface area contributed by atoms with Crippen LogP contribution in [0.5, 0.6) is 0 Å². The molecule has 0 aromatic rings. The summed E-state index contributed by atoms with van der Waals surface area (Å²) in [6.07, 6.45) is 1.31. The van der Waals surface area contributed by atoms with Crippen LogP contribution in [0.25, 0.3) is 0 Å².